The zero-order chi connectivity index (χ0) is 17.3. The number of hydrogen-bond acceptors (Lipinski definition) is 4. The molecule has 0 radical (unpaired) electrons. The number of H-pyrrole nitrogens is 2. The fourth-order valence-corrected chi connectivity index (χ4v) is 3.33. The first-order valence-corrected chi connectivity index (χ1v) is 8.51. The zero-order valence-electron chi connectivity index (χ0n) is 13.8. The molecule has 0 saturated carbocycles. The highest BCUT2D eigenvalue weighted by Gasteiger charge is 2.28. The van der Waals surface area contributed by atoms with Crippen molar-refractivity contribution in [3.05, 3.63) is 38.9 Å². The second-order valence-electron chi connectivity index (χ2n) is 6.53. The van der Waals surface area contributed by atoms with Gasteiger partial charge in [-0.2, -0.15) is 0 Å². The number of rotatable bonds is 3. The Balaban J connectivity index is 1.95. The molecule has 0 spiro atoms. The number of ether oxygens (including phenoxy) is 1. The van der Waals surface area contributed by atoms with Crippen molar-refractivity contribution in [3.8, 4) is 0 Å². The van der Waals surface area contributed by atoms with E-state index < -0.39 is 0 Å². The van der Waals surface area contributed by atoms with Gasteiger partial charge in [-0.15, -0.1) is 0 Å². The monoisotopic (exact) mass is 347 g/mol. The van der Waals surface area contributed by atoms with Crippen LogP contribution in [0.2, 0.25) is 0 Å². The number of aromatic amines is 2. The molecule has 1 atom stereocenters. The number of morpholine rings is 1. The first-order valence-electron chi connectivity index (χ1n) is 8.11. The van der Waals surface area contributed by atoms with E-state index in [0.717, 1.165) is 6.42 Å². The van der Waals surface area contributed by atoms with Crippen molar-refractivity contribution in [3.63, 3.8) is 0 Å². The van der Waals surface area contributed by atoms with Crippen LogP contribution in [0.25, 0.3) is 10.9 Å². The number of fused-ring (bicyclic) bond motifs is 1. The van der Waals surface area contributed by atoms with Crippen LogP contribution in [0.1, 0.15) is 30.6 Å². The maximum atomic E-state index is 12.9. The Morgan fingerprint density at radius 3 is 2.96 bits per heavy atom. The van der Waals surface area contributed by atoms with Crippen molar-refractivity contribution in [2.45, 2.75) is 26.3 Å². The highest BCUT2D eigenvalue weighted by Crippen LogP contribution is 2.20. The van der Waals surface area contributed by atoms with Crippen LogP contribution in [0.4, 0.5) is 0 Å². The SMILES string of the molecule is CC(C)CC1COCCN1C(=O)c1ccc2c(=O)[nH]c(=S)[nH]c2c1. The van der Waals surface area contributed by atoms with Crippen LogP contribution >= 0.6 is 12.2 Å². The Hall–Kier alpha value is -1.99. The van der Waals surface area contributed by atoms with Gasteiger partial charge in [0, 0.05) is 12.1 Å². The molecule has 0 aliphatic carbocycles. The smallest absolute Gasteiger partial charge is 0.259 e. The van der Waals surface area contributed by atoms with Gasteiger partial charge in [0.1, 0.15) is 0 Å². The summed E-state index contributed by atoms with van der Waals surface area (Å²) in [6, 6.07) is 5.13. The molecule has 6 nitrogen and oxygen atoms in total. The summed E-state index contributed by atoms with van der Waals surface area (Å²) in [6.45, 7) is 5.98. The third-order valence-corrected chi connectivity index (χ3v) is 4.42. The standard InChI is InChI=1S/C17H21N3O3S/c1-10(2)7-12-9-23-6-5-20(12)16(22)11-3-4-13-14(8-11)18-17(24)19-15(13)21/h3-4,8,10,12H,5-7,9H2,1-2H3,(H2,18,19,21,24). The Bertz CT molecular complexity index is 871. The molecule has 0 bridgehead atoms. The Morgan fingerprint density at radius 1 is 1.42 bits per heavy atom. The largest absolute Gasteiger partial charge is 0.377 e. The van der Waals surface area contributed by atoms with Crippen molar-refractivity contribution < 1.29 is 9.53 Å². The molecule has 1 aliphatic rings. The van der Waals surface area contributed by atoms with Crippen LogP contribution in [-0.4, -0.2) is 46.6 Å². The average molecular weight is 347 g/mol. The molecule has 1 saturated heterocycles. The summed E-state index contributed by atoms with van der Waals surface area (Å²) < 4.78 is 5.79. The lowest BCUT2D eigenvalue weighted by molar-refractivity contribution is -0.00745. The zero-order valence-corrected chi connectivity index (χ0v) is 14.6. The summed E-state index contributed by atoms with van der Waals surface area (Å²) in [4.78, 5) is 32.2. The van der Waals surface area contributed by atoms with Gasteiger partial charge in [-0.1, -0.05) is 13.8 Å². The number of nitrogens with one attached hydrogen (secondary N) is 2. The summed E-state index contributed by atoms with van der Waals surface area (Å²) in [5, 5.41) is 0.487. The Labute approximate surface area is 144 Å². The number of hydrogen-bond donors (Lipinski definition) is 2. The van der Waals surface area contributed by atoms with Gasteiger partial charge < -0.3 is 14.6 Å². The van der Waals surface area contributed by atoms with Crippen LogP contribution in [-0.2, 0) is 4.74 Å². The molecule has 24 heavy (non-hydrogen) atoms. The van der Waals surface area contributed by atoms with Crippen molar-refractivity contribution in [2.75, 3.05) is 19.8 Å². The second kappa shape index (κ2) is 6.86. The van der Waals surface area contributed by atoms with E-state index in [1.54, 1.807) is 18.2 Å². The van der Waals surface area contributed by atoms with E-state index in [4.69, 9.17) is 17.0 Å². The molecule has 128 valence electrons. The first kappa shape index (κ1) is 16.9. The summed E-state index contributed by atoms with van der Waals surface area (Å²) in [6.07, 6.45) is 0.904. The van der Waals surface area contributed by atoms with Gasteiger partial charge in [0.15, 0.2) is 4.77 Å². The molecule has 1 amide bonds. The summed E-state index contributed by atoms with van der Waals surface area (Å²) in [7, 11) is 0. The number of benzene rings is 1. The maximum Gasteiger partial charge on any atom is 0.259 e. The third-order valence-electron chi connectivity index (χ3n) is 4.22. The Morgan fingerprint density at radius 2 is 2.21 bits per heavy atom. The fourth-order valence-electron chi connectivity index (χ4n) is 3.13. The number of aromatic nitrogens is 2. The number of nitrogens with zero attached hydrogens (tertiary/aromatic N) is 1. The molecule has 3 rings (SSSR count). The summed E-state index contributed by atoms with van der Waals surface area (Å²) in [5.41, 5.74) is 0.870. The molecule has 2 aromatic rings. The van der Waals surface area contributed by atoms with Crippen molar-refractivity contribution in [1.29, 1.82) is 0 Å². The third kappa shape index (κ3) is 3.42. The molecule has 1 aromatic carbocycles. The van der Waals surface area contributed by atoms with E-state index in [2.05, 4.69) is 23.8 Å². The number of carbonyl (C=O) groups is 1. The number of carbonyl (C=O) groups excluding carboxylic acids is 1. The summed E-state index contributed by atoms with van der Waals surface area (Å²) >= 11 is 5.00. The normalized spacial score (nSPS) is 18.3. The minimum atomic E-state index is -0.253. The van der Waals surface area contributed by atoms with E-state index in [0.29, 0.717) is 42.1 Å². The molecule has 1 aromatic heterocycles. The minimum Gasteiger partial charge on any atom is -0.377 e. The lowest BCUT2D eigenvalue weighted by atomic mass is 10.0. The van der Waals surface area contributed by atoms with E-state index >= 15 is 0 Å². The Kier molecular flexibility index (Phi) is 4.82. The highest BCUT2D eigenvalue weighted by atomic mass is 32.1. The molecule has 1 unspecified atom stereocenters. The van der Waals surface area contributed by atoms with Crippen molar-refractivity contribution in [2.24, 2.45) is 5.92 Å². The van der Waals surface area contributed by atoms with E-state index in [-0.39, 0.29) is 22.3 Å². The van der Waals surface area contributed by atoms with Gasteiger partial charge in [-0.05, 0) is 42.8 Å². The molecule has 1 fully saturated rings. The lowest BCUT2D eigenvalue weighted by Gasteiger charge is -2.36. The maximum absolute atomic E-state index is 12.9. The molecule has 1 aliphatic heterocycles. The molecule has 2 N–H and O–H groups in total. The quantitative estimate of drug-likeness (QED) is 0.836. The topological polar surface area (TPSA) is 78.2 Å². The number of amides is 1. The molecular weight excluding hydrogens is 326 g/mol. The van der Waals surface area contributed by atoms with E-state index in [1.807, 2.05) is 4.90 Å². The van der Waals surface area contributed by atoms with Crippen molar-refractivity contribution in [1.82, 2.24) is 14.9 Å². The van der Waals surface area contributed by atoms with Gasteiger partial charge in [-0.3, -0.25) is 14.6 Å². The summed E-state index contributed by atoms with van der Waals surface area (Å²) in [5.74, 6) is 0.448. The van der Waals surface area contributed by atoms with Crippen LogP contribution in [0.15, 0.2) is 23.0 Å². The van der Waals surface area contributed by atoms with Crippen LogP contribution < -0.4 is 5.56 Å². The van der Waals surface area contributed by atoms with Gasteiger partial charge in [0.2, 0.25) is 0 Å². The van der Waals surface area contributed by atoms with Crippen molar-refractivity contribution >= 4 is 29.0 Å². The van der Waals surface area contributed by atoms with Gasteiger partial charge >= 0.3 is 0 Å². The first-order chi connectivity index (χ1) is 11.5. The molecule has 7 heteroatoms. The fraction of sp³-hybridized carbons (Fsp3) is 0.471. The lowest BCUT2D eigenvalue weighted by Crippen LogP contribution is -2.49. The minimum absolute atomic E-state index is 0.0366. The van der Waals surface area contributed by atoms with E-state index in [1.165, 1.54) is 0 Å². The second-order valence-corrected chi connectivity index (χ2v) is 6.93. The van der Waals surface area contributed by atoms with Crippen LogP contribution in [0.5, 0.6) is 0 Å². The molecule has 2 heterocycles. The van der Waals surface area contributed by atoms with Gasteiger partial charge in [0.25, 0.3) is 11.5 Å². The van der Waals surface area contributed by atoms with Crippen LogP contribution in [0, 0.1) is 10.7 Å². The van der Waals surface area contributed by atoms with Gasteiger partial charge in [0.05, 0.1) is 30.2 Å². The van der Waals surface area contributed by atoms with Crippen LogP contribution in [0.3, 0.4) is 0 Å². The predicted molar refractivity (Wildman–Crippen MR) is 94.9 cm³/mol. The molecular formula is C17H21N3O3S. The van der Waals surface area contributed by atoms with Gasteiger partial charge in [-0.25, -0.2) is 0 Å². The van der Waals surface area contributed by atoms with E-state index in [9.17, 15) is 9.59 Å². The predicted octanol–water partition coefficient (Wildman–Crippen LogP) is 2.47. The average Bonchev–Trinajstić information content (AvgIpc) is 2.53. The highest BCUT2D eigenvalue weighted by molar-refractivity contribution is 7.71.